The standard InChI is InChI=1S/C14H26N2O4/c1-9(2)16(8-12(18)19)13(20)10(3)15-11(17)7-14(4,5)6/h9-10H,7-8H2,1-6H3,(H,15,17)(H,18,19). The molecule has 1 unspecified atom stereocenters. The van der Waals surface area contributed by atoms with E-state index in [4.69, 9.17) is 5.11 Å². The summed E-state index contributed by atoms with van der Waals surface area (Å²) in [4.78, 5) is 36.0. The highest BCUT2D eigenvalue weighted by molar-refractivity contribution is 5.89. The lowest BCUT2D eigenvalue weighted by atomic mass is 9.92. The Balaban J connectivity index is 4.66. The summed E-state index contributed by atoms with van der Waals surface area (Å²) < 4.78 is 0. The summed E-state index contributed by atoms with van der Waals surface area (Å²) in [5, 5.41) is 11.4. The highest BCUT2D eigenvalue weighted by Crippen LogP contribution is 2.18. The fraction of sp³-hybridized carbons (Fsp3) is 0.786. The van der Waals surface area contributed by atoms with Crippen molar-refractivity contribution in [3.63, 3.8) is 0 Å². The molecule has 116 valence electrons. The Morgan fingerprint density at radius 1 is 1.15 bits per heavy atom. The van der Waals surface area contributed by atoms with Gasteiger partial charge >= 0.3 is 5.97 Å². The number of carbonyl (C=O) groups is 3. The van der Waals surface area contributed by atoms with Crippen molar-refractivity contribution in [2.24, 2.45) is 5.41 Å². The van der Waals surface area contributed by atoms with Crippen LogP contribution in [-0.2, 0) is 14.4 Å². The van der Waals surface area contributed by atoms with Crippen molar-refractivity contribution in [1.29, 1.82) is 0 Å². The molecule has 0 aromatic heterocycles. The summed E-state index contributed by atoms with van der Waals surface area (Å²) in [7, 11) is 0. The minimum absolute atomic E-state index is 0.161. The molecule has 0 spiro atoms. The summed E-state index contributed by atoms with van der Waals surface area (Å²) >= 11 is 0. The first-order valence-electron chi connectivity index (χ1n) is 6.75. The molecule has 1 atom stereocenters. The van der Waals surface area contributed by atoms with Crippen molar-refractivity contribution >= 4 is 17.8 Å². The van der Waals surface area contributed by atoms with Gasteiger partial charge in [0.2, 0.25) is 11.8 Å². The molecule has 0 aromatic carbocycles. The zero-order chi connectivity index (χ0) is 16.1. The predicted octanol–water partition coefficient (Wildman–Crippen LogP) is 1.25. The van der Waals surface area contributed by atoms with E-state index in [9.17, 15) is 14.4 Å². The third-order valence-corrected chi connectivity index (χ3v) is 2.65. The molecule has 0 saturated carbocycles. The molecular formula is C14H26N2O4. The van der Waals surface area contributed by atoms with E-state index in [0.717, 1.165) is 0 Å². The maximum atomic E-state index is 12.2. The second-order valence-corrected chi connectivity index (χ2v) is 6.48. The number of nitrogens with zero attached hydrogens (tertiary/aromatic N) is 1. The van der Waals surface area contributed by atoms with Gasteiger partial charge < -0.3 is 15.3 Å². The van der Waals surface area contributed by atoms with Crippen LogP contribution in [0.25, 0.3) is 0 Å². The van der Waals surface area contributed by atoms with Gasteiger partial charge in [-0.25, -0.2) is 0 Å². The van der Waals surface area contributed by atoms with Crippen LogP contribution in [0.5, 0.6) is 0 Å². The fourth-order valence-electron chi connectivity index (χ4n) is 1.75. The smallest absolute Gasteiger partial charge is 0.323 e. The third kappa shape index (κ3) is 7.11. The SMILES string of the molecule is CC(NC(=O)CC(C)(C)C)C(=O)N(CC(=O)O)C(C)C. The maximum Gasteiger partial charge on any atom is 0.323 e. The zero-order valence-corrected chi connectivity index (χ0v) is 13.2. The lowest BCUT2D eigenvalue weighted by molar-refractivity contribution is -0.147. The number of aliphatic carboxylic acids is 1. The first-order chi connectivity index (χ1) is 8.94. The quantitative estimate of drug-likeness (QED) is 0.769. The molecule has 20 heavy (non-hydrogen) atoms. The monoisotopic (exact) mass is 286 g/mol. The molecule has 0 radical (unpaired) electrons. The molecule has 0 aromatic rings. The molecule has 0 aliphatic heterocycles. The average molecular weight is 286 g/mol. The van der Waals surface area contributed by atoms with Gasteiger partial charge in [-0.3, -0.25) is 14.4 Å². The average Bonchev–Trinajstić information content (AvgIpc) is 2.21. The van der Waals surface area contributed by atoms with Crippen LogP contribution in [0.3, 0.4) is 0 Å². The van der Waals surface area contributed by atoms with E-state index in [1.54, 1.807) is 20.8 Å². The van der Waals surface area contributed by atoms with Gasteiger partial charge in [0.15, 0.2) is 0 Å². The van der Waals surface area contributed by atoms with E-state index in [2.05, 4.69) is 5.32 Å². The summed E-state index contributed by atoms with van der Waals surface area (Å²) in [6.07, 6.45) is 0.311. The molecule has 0 heterocycles. The Bertz CT molecular complexity index is 372. The van der Waals surface area contributed by atoms with Crippen LogP contribution in [0.2, 0.25) is 0 Å². The van der Waals surface area contributed by atoms with E-state index in [1.165, 1.54) is 4.90 Å². The van der Waals surface area contributed by atoms with Crippen molar-refractivity contribution in [1.82, 2.24) is 10.2 Å². The second-order valence-electron chi connectivity index (χ2n) is 6.48. The van der Waals surface area contributed by atoms with Gasteiger partial charge in [0.25, 0.3) is 0 Å². The molecule has 0 aliphatic carbocycles. The molecule has 0 aliphatic rings. The van der Waals surface area contributed by atoms with Crippen LogP contribution < -0.4 is 5.32 Å². The van der Waals surface area contributed by atoms with E-state index in [0.29, 0.717) is 6.42 Å². The molecule has 2 amide bonds. The number of nitrogens with one attached hydrogen (secondary N) is 1. The molecule has 0 saturated heterocycles. The minimum atomic E-state index is -1.07. The number of carbonyl (C=O) groups excluding carboxylic acids is 2. The van der Waals surface area contributed by atoms with Gasteiger partial charge in [-0.2, -0.15) is 0 Å². The number of hydrogen-bond acceptors (Lipinski definition) is 3. The molecule has 0 rings (SSSR count). The number of hydrogen-bond donors (Lipinski definition) is 2. The summed E-state index contributed by atoms with van der Waals surface area (Å²) in [6.45, 7) is 10.5. The fourth-order valence-corrected chi connectivity index (χ4v) is 1.75. The van der Waals surface area contributed by atoms with Crippen molar-refractivity contribution < 1.29 is 19.5 Å². The maximum absolute atomic E-state index is 12.2. The number of carboxylic acid groups (broad SMARTS) is 1. The lowest BCUT2D eigenvalue weighted by Gasteiger charge is -2.28. The van der Waals surface area contributed by atoms with Gasteiger partial charge in [0, 0.05) is 12.5 Å². The molecule has 6 nitrogen and oxygen atoms in total. The summed E-state index contributed by atoms with van der Waals surface area (Å²) in [6, 6.07) is -0.966. The second kappa shape index (κ2) is 7.26. The number of rotatable bonds is 6. The predicted molar refractivity (Wildman–Crippen MR) is 76.2 cm³/mol. The molecular weight excluding hydrogens is 260 g/mol. The molecule has 2 N–H and O–H groups in total. The number of carboxylic acids is 1. The Morgan fingerprint density at radius 2 is 1.65 bits per heavy atom. The van der Waals surface area contributed by atoms with Gasteiger partial charge in [0.1, 0.15) is 12.6 Å². The van der Waals surface area contributed by atoms with Crippen molar-refractivity contribution in [3.05, 3.63) is 0 Å². The Hall–Kier alpha value is -1.59. The highest BCUT2D eigenvalue weighted by atomic mass is 16.4. The van der Waals surface area contributed by atoms with Crippen LogP contribution in [0, 0.1) is 5.41 Å². The molecule has 6 heteroatoms. The van der Waals surface area contributed by atoms with Gasteiger partial charge in [-0.05, 0) is 26.2 Å². The van der Waals surface area contributed by atoms with Crippen molar-refractivity contribution in [2.45, 2.75) is 60.0 Å². The van der Waals surface area contributed by atoms with Gasteiger partial charge in [0.05, 0.1) is 0 Å². The van der Waals surface area contributed by atoms with Gasteiger partial charge in [-0.15, -0.1) is 0 Å². The van der Waals surface area contributed by atoms with Crippen LogP contribution in [0.1, 0.15) is 48.0 Å². The van der Waals surface area contributed by atoms with Crippen LogP contribution in [0.4, 0.5) is 0 Å². The summed E-state index contributed by atoms with van der Waals surface area (Å²) in [5.74, 6) is -1.66. The van der Waals surface area contributed by atoms with Crippen LogP contribution >= 0.6 is 0 Å². The zero-order valence-electron chi connectivity index (χ0n) is 13.2. The van der Waals surface area contributed by atoms with E-state index >= 15 is 0 Å². The number of amides is 2. The van der Waals surface area contributed by atoms with Crippen LogP contribution in [0.15, 0.2) is 0 Å². The van der Waals surface area contributed by atoms with Gasteiger partial charge in [-0.1, -0.05) is 20.8 Å². The first-order valence-corrected chi connectivity index (χ1v) is 6.75. The topological polar surface area (TPSA) is 86.7 Å². The van der Waals surface area contributed by atoms with E-state index in [1.807, 2.05) is 20.8 Å². The Morgan fingerprint density at radius 3 is 2.00 bits per heavy atom. The Kier molecular flexibility index (Phi) is 6.68. The Labute approximate surface area is 120 Å². The third-order valence-electron chi connectivity index (χ3n) is 2.65. The van der Waals surface area contributed by atoms with Crippen LogP contribution in [-0.4, -0.2) is 46.4 Å². The van der Waals surface area contributed by atoms with E-state index in [-0.39, 0.29) is 29.8 Å². The summed E-state index contributed by atoms with van der Waals surface area (Å²) in [5.41, 5.74) is -0.161. The van der Waals surface area contributed by atoms with Crippen molar-refractivity contribution in [2.75, 3.05) is 6.54 Å². The largest absolute Gasteiger partial charge is 0.480 e. The van der Waals surface area contributed by atoms with Crippen molar-refractivity contribution in [3.8, 4) is 0 Å². The first kappa shape index (κ1) is 18.4. The highest BCUT2D eigenvalue weighted by Gasteiger charge is 2.26. The normalized spacial score (nSPS) is 12.9. The minimum Gasteiger partial charge on any atom is -0.480 e. The van der Waals surface area contributed by atoms with E-state index < -0.39 is 12.0 Å². The molecule has 0 fully saturated rings. The molecule has 0 bridgehead atoms. The lowest BCUT2D eigenvalue weighted by Crippen LogP contribution is -2.51.